The third-order valence-electron chi connectivity index (χ3n) is 4.66. The Kier molecular flexibility index (Phi) is 6.68. The van der Waals surface area contributed by atoms with E-state index in [0.29, 0.717) is 22.8 Å². The molecule has 2 N–H and O–H groups in total. The van der Waals surface area contributed by atoms with Gasteiger partial charge in [0, 0.05) is 51.1 Å². The van der Waals surface area contributed by atoms with E-state index in [2.05, 4.69) is 10.6 Å². The highest BCUT2D eigenvalue weighted by molar-refractivity contribution is 7.99. The molecule has 9 nitrogen and oxygen atoms in total. The lowest BCUT2D eigenvalue weighted by Crippen LogP contribution is -2.38. The lowest BCUT2D eigenvalue weighted by atomic mass is 10.2. The molecule has 0 bridgehead atoms. The fourth-order valence-electron chi connectivity index (χ4n) is 3.25. The minimum Gasteiger partial charge on any atom is -0.444 e. The lowest BCUT2D eigenvalue weighted by molar-refractivity contribution is 0.0635. The zero-order valence-electron chi connectivity index (χ0n) is 18.5. The molecule has 2 aromatic rings. The van der Waals surface area contributed by atoms with E-state index in [9.17, 15) is 14.4 Å². The number of rotatable bonds is 4. The van der Waals surface area contributed by atoms with Crippen molar-refractivity contribution in [2.45, 2.75) is 26.4 Å². The van der Waals surface area contributed by atoms with Gasteiger partial charge >= 0.3 is 6.09 Å². The molecule has 0 atom stereocenters. The van der Waals surface area contributed by atoms with Gasteiger partial charge in [-0.2, -0.15) is 11.8 Å². The molecule has 0 spiro atoms. The second-order valence-corrected chi connectivity index (χ2v) is 9.66. The Balaban J connectivity index is 1.67. The monoisotopic (exact) mass is 447 g/mol. The van der Waals surface area contributed by atoms with Crippen LogP contribution in [0.25, 0.3) is 0 Å². The number of carbonyl (C=O) groups is 3. The molecule has 2 aromatic heterocycles. The SMILES string of the molecule is Cn1cc(NC(=O)OC(C)(C)C)cc1C(=O)Nc1cc(C(=O)N2CCSCC2)n(C)c1. The maximum absolute atomic E-state index is 12.8. The third-order valence-corrected chi connectivity index (χ3v) is 5.61. The molecule has 3 heterocycles. The van der Waals surface area contributed by atoms with Gasteiger partial charge in [0.15, 0.2) is 0 Å². The van der Waals surface area contributed by atoms with Crippen molar-refractivity contribution >= 4 is 41.0 Å². The second kappa shape index (κ2) is 9.09. The minimum absolute atomic E-state index is 0.0361. The molecule has 3 rings (SSSR count). The molecule has 1 fully saturated rings. The van der Waals surface area contributed by atoms with E-state index < -0.39 is 11.7 Å². The molecule has 0 saturated carbocycles. The van der Waals surface area contributed by atoms with Crippen molar-refractivity contribution in [3.63, 3.8) is 0 Å². The summed E-state index contributed by atoms with van der Waals surface area (Å²) in [6, 6.07) is 3.25. The number of hydrogen-bond acceptors (Lipinski definition) is 5. The highest BCUT2D eigenvalue weighted by Gasteiger charge is 2.23. The first-order chi connectivity index (χ1) is 14.5. The van der Waals surface area contributed by atoms with Gasteiger partial charge in [0.05, 0.1) is 11.4 Å². The van der Waals surface area contributed by atoms with Crippen molar-refractivity contribution in [3.8, 4) is 0 Å². The van der Waals surface area contributed by atoms with Crippen LogP contribution in [0.4, 0.5) is 16.2 Å². The Morgan fingerprint density at radius 2 is 1.48 bits per heavy atom. The van der Waals surface area contributed by atoms with Crippen molar-refractivity contribution in [2.75, 3.05) is 35.2 Å². The van der Waals surface area contributed by atoms with Crippen LogP contribution in [0.1, 0.15) is 41.7 Å². The molecule has 0 radical (unpaired) electrons. The number of hydrogen-bond donors (Lipinski definition) is 2. The summed E-state index contributed by atoms with van der Waals surface area (Å²) >= 11 is 1.84. The number of ether oxygens (including phenoxy) is 1. The highest BCUT2D eigenvalue weighted by Crippen LogP contribution is 2.20. The second-order valence-electron chi connectivity index (χ2n) is 8.44. The van der Waals surface area contributed by atoms with Crippen molar-refractivity contribution in [1.82, 2.24) is 14.0 Å². The van der Waals surface area contributed by atoms with E-state index in [1.165, 1.54) is 0 Å². The summed E-state index contributed by atoms with van der Waals surface area (Å²) in [7, 11) is 3.50. The topological polar surface area (TPSA) is 97.6 Å². The zero-order chi connectivity index (χ0) is 22.8. The molecular weight excluding hydrogens is 418 g/mol. The molecule has 10 heteroatoms. The Morgan fingerprint density at radius 1 is 0.935 bits per heavy atom. The van der Waals surface area contributed by atoms with Gasteiger partial charge in [0.1, 0.15) is 17.0 Å². The van der Waals surface area contributed by atoms with E-state index in [1.807, 2.05) is 16.7 Å². The first-order valence-corrected chi connectivity index (χ1v) is 11.2. The van der Waals surface area contributed by atoms with E-state index in [-0.39, 0.29) is 11.8 Å². The molecular formula is C21H29N5O4S. The normalized spacial score (nSPS) is 14.3. The summed E-state index contributed by atoms with van der Waals surface area (Å²) in [6.45, 7) is 6.79. The Morgan fingerprint density at radius 3 is 2.10 bits per heavy atom. The van der Waals surface area contributed by atoms with E-state index in [4.69, 9.17) is 4.74 Å². The Bertz CT molecular complexity index is 983. The van der Waals surface area contributed by atoms with Crippen LogP contribution in [0.3, 0.4) is 0 Å². The number of aryl methyl sites for hydroxylation is 2. The number of aromatic nitrogens is 2. The third kappa shape index (κ3) is 5.84. The van der Waals surface area contributed by atoms with E-state index >= 15 is 0 Å². The summed E-state index contributed by atoms with van der Waals surface area (Å²) in [5.74, 6) is 1.49. The average molecular weight is 448 g/mol. The summed E-state index contributed by atoms with van der Waals surface area (Å²) in [5, 5.41) is 5.45. The number of amides is 3. The van der Waals surface area contributed by atoms with E-state index in [0.717, 1.165) is 24.6 Å². The van der Waals surface area contributed by atoms with Crippen LogP contribution >= 0.6 is 11.8 Å². The number of thioether (sulfide) groups is 1. The maximum Gasteiger partial charge on any atom is 0.412 e. The van der Waals surface area contributed by atoms with Gasteiger partial charge in [0.2, 0.25) is 0 Å². The zero-order valence-corrected chi connectivity index (χ0v) is 19.3. The fraction of sp³-hybridized carbons (Fsp3) is 0.476. The van der Waals surface area contributed by atoms with Crippen molar-refractivity contribution in [3.05, 3.63) is 35.9 Å². The molecule has 31 heavy (non-hydrogen) atoms. The van der Waals surface area contributed by atoms with Gasteiger partial charge in [0.25, 0.3) is 11.8 Å². The van der Waals surface area contributed by atoms with Crippen molar-refractivity contribution < 1.29 is 19.1 Å². The van der Waals surface area contributed by atoms with Crippen LogP contribution in [0.2, 0.25) is 0 Å². The molecule has 0 unspecified atom stereocenters. The number of nitrogens with one attached hydrogen (secondary N) is 2. The predicted molar refractivity (Wildman–Crippen MR) is 122 cm³/mol. The highest BCUT2D eigenvalue weighted by atomic mass is 32.2. The first-order valence-electron chi connectivity index (χ1n) is 10.0. The van der Waals surface area contributed by atoms with Crippen molar-refractivity contribution in [1.29, 1.82) is 0 Å². The molecule has 168 valence electrons. The maximum atomic E-state index is 12.8. The molecule has 0 aromatic carbocycles. The summed E-state index contributed by atoms with van der Waals surface area (Å²) in [5.41, 5.74) is 1.25. The molecule has 3 amide bonds. The van der Waals surface area contributed by atoms with Gasteiger partial charge < -0.3 is 24.1 Å². The molecule has 1 aliphatic rings. The van der Waals surface area contributed by atoms with Crippen LogP contribution in [0, 0.1) is 0 Å². The van der Waals surface area contributed by atoms with Gasteiger partial charge in [-0.3, -0.25) is 14.9 Å². The van der Waals surface area contributed by atoms with Crippen LogP contribution < -0.4 is 10.6 Å². The fourth-order valence-corrected chi connectivity index (χ4v) is 4.15. The number of nitrogens with zero attached hydrogens (tertiary/aromatic N) is 3. The standard InChI is InChI=1S/C21H29N5O4S/c1-21(2,3)30-20(29)23-15-10-16(24(4)13-15)18(27)22-14-11-17(25(5)12-14)19(28)26-6-8-31-9-7-26/h10-13H,6-9H2,1-5H3,(H,22,27)(H,23,29). The molecule has 1 saturated heterocycles. The van der Waals surface area contributed by atoms with E-state index in [1.54, 1.807) is 68.5 Å². The largest absolute Gasteiger partial charge is 0.444 e. The van der Waals surface area contributed by atoms with Crippen LogP contribution in [-0.2, 0) is 18.8 Å². The van der Waals surface area contributed by atoms with Crippen LogP contribution in [0.15, 0.2) is 24.5 Å². The van der Waals surface area contributed by atoms with Gasteiger partial charge in [-0.05, 0) is 32.9 Å². The molecule has 0 aliphatic carbocycles. The van der Waals surface area contributed by atoms with Crippen molar-refractivity contribution in [2.24, 2.45) is 14.1 Å². The van der Waals surface area contributed by atoms with Crippen LogP contribution in [0.5, 0.6) is 0 Å². The quantitative estimate of drug-likeness (QED) is 0.750. The van der Waals surface area contributed by atoms with Gasteiger partial charge in [-0.15, -0.1) is 0 Å². The van der Waals surface area contributed by atoms with Gasteiger partial charge in [-0.1, -0.05) is 0 Å². The van der Waals surface area contributed by atoms with Crippen LogP contribution in [-0.4, -0.2) is 62.1 Å². The summed E-state index contributed by atoms with van der Waals surface area (Å²) in [4.78, 5) is 39.3. The summed E-state index contributed by atoms with van der Waals surface area (Å²) in [6.07, 6.45) is 2.76. The lowest BCUT2D eigenvalue weighted by Gasteiger charge is -2.26. The smallest absolute Gasteiger partial charge is 0.412 e. The van der Waals surface area contributed by atoms with Gasteiger partial charge in [-0.25, -0.2) is 4.79 Å². The molecule has 1 aliphatic heterocycles. The minimum atomic E-state index is -0.617. The predicted octanol–water partition coefficient (Wildman–Crippen LogP) is 3.15. The number of carbonyl (C=O) groups excluding carboxylic acids is 3. The number of anilines is 2. The summed E-state index contributed by atoms with van der Waals surface area (Å²) < 4.78 is 8.57. The average Bonchev–Trinajstić information content (AvgIpc) is 3.22. The Labute approximate surface area is 186 Å². The first kappa shape index (κ1) is 22.8. The Hall–Kier alpha value is -2.88.